The van der Waals surface area contributed by atoms with Crippen molar-refractivity contribution in [2.45, 2.75) is 26.3 Å². The Kier molecular flexibility index (Phi) is 3.69. The van der Waals surface area contributed by atoms with E-state index in [0.29, 0.717) is 5.92 Å². The largest absolute Gasteiger partial charge is 0.481 e. The zero-order valence-electron chi connectivity index (χ0n) is 9.53. The highest BCUT2D eigenvalue weighted by atomic mass is 16.4. The number of hydrogen-bond acceptors (Lipinski definition) is 2. The second-order valence-corrected chi connectivity index (χ2v) is 4.62. The van der Waals surface area contributed by atoms with Gasteiger partial charge in [-0.05, 0) is 19.4 Å². The van der Waals surface area contributed by atoms with Crippen LogP contribution < -0.4 is 5.32 Å². The predicted octanol–water partition coefficient (Wildman–Crippen LogP) is 1.82. The van der Waals surface area contributed by atoms with E-state index >= 15 is 0 Å². The first kappa shape index (κ1) is 12.0. The van der Waals surface area contributed by atoms with Gasteiger partial charge in [-0.1, -0.05) is 38.2 Å². The minimum Gasteiger partial charge on any atom is -0.481 e. The molecule has 0 aromatic heterocycles. The average Bonchev–Trinajstić information content (AvgIpc) is 2.15. The van der Waals surface area contributed by atoms with Crippen molar-refractivity contribution in [3.8, 4) is 0 Å². The van der Waals surface area contributed by atoms with Crippen molar-refractivity contribution in [1.82, 2.24) is 5.32 Å². The molecular weight excluding hydrogens is 190 g/mol. The molecule has 2 N–H and O–H groups in total. The number of rotatable bonds is 4. The standard InChI is InChI=1S/C12H19NO2/c1-9(2)8-13-12(3)7-5-4-6-10(12)11(14)15/h4-7,9-10,13H,8H2,1-3H3,(H,14,15). The van der Waals surface area contributed by atoms with Crippen LogP contribution in [-0.2, 0) is 4.79 Å². The Bertz CT molecular complexity index is 294. The SMILES string of the molecule is CC(C)CNC1(C)C=CC=CC1C(=O)O. The Morgan fingerprint density at radius 3 is 2.73 bits per heavy atom. The lowest BCUT2D eigenvalue weighted by Gasteiger charge is -2.34. The summed E-state index contributed by atoms with van der Waals surface area (Å²) in [7, 11) is 0. The predicted molar refractivity (Wildman–Crippen MR) is 60.7 cm³/mol. The molecule has 1 aliphatic rings. The van der Waals surface area contributed by atoms with Crippen LogP contribution in [0.1, 0.15) is 20.8 Å². The number of allylic oxidation sites excluding steroid dienone is 2. The molecule has 0 heterocycles. The molecule has 0 aromatic rings. The molecule has 0 aromatic carbocycles. The van der Waals surface area contributed by atoms with E-state index in [1.54, 1.807) is 12.2 Å². The summed E-state index contributed by atoms with van der Waals surface area (Å²) in [4.78, 5) is 11.1. The third-order valence-corrected chi connectivity index (χ3v) is 2.66. The first-order valence-electron chi connectivity index (χ1n) is 5.29. The summed E-state index contributed by atoms with van der Waals surface area (Å²) < 4.78 is 0. The van der Waals surface area contributed by atoms with Crippen LogP contribution in [0.4, 0.5) is 0 Å². The van der Waals surface area contributed by atoms with E-state index in [4.69, 9.17) is 5.11 Å². The van der Waals surface area contributed by atoms with Crippen molar-refractivity contribution in [1.29, 1.82) is 0 Å². The van der Waals surface area contributed by atoms with E-state index in [1.165, 1.54) is 0 Å². The van der Waals surface area contributed by atoms with Gasteiger partial charge >= 0.3 is 5.97 Å². The quantitative estimate of drug-likeness (QED) is 0.742. The van der Waals surface area contributed by atoms with Crippen LogP contribution >= 0.6 is 0 Å². The van der Waals surface area contributed by atoms with Gasteiger partial charge in [-0.3, -0.25) is 4.79 Å². The molecule has 1 aliphatic carbocycles. The monoisotopic (exact) mass is 209 g/mol. The molecule has 0 amide bonds. The smallest absolute Gasteiger partial charge is 0.312 e. The van der Waals surface area contributed by atoms with Crippen molar-refractivity contribution in [2.75, 3.05) is 6.54 Å². The molecule has 0 spiro atoms. The minimum atomic E-state index is -0.783. The topological polar surface area (TPSA) is 49.3 Å². The summed E-state index contributed by atoms with van der Waals surface area (Å²) in [6.07, 6.45) is 7.34. The zero-order valence-corrected chi connectivity index (χ0v) is 9.53. The van der Waals surface area contributed by atoms with Gasteiger partial charge in [-0.25, -0.2) is 0 Å². The van der Waals surface area contributed by atoms with E-state index in [2.05, 4.69) is 19.2 Å². The number of hydrogen-bond donors (Lipinski definition) is 2. The zero-order chi connectivity index (χ0) is 11.5. The van der Waals surface area contributed by atoms with Crippen LogP contribution in [0.5, 0.6) is 0 Å². The molecule has 1 rings (SSSR count). The number of carbonyl (C=O) groups is 1. The molecule has 2 unspecified atom stereocenters. The Hall–Kier alpha value is -1.09. The Morgan fingerprint density at radius 1 is 1.53 bits per heavy atom. The van der Waals surface area contributed by atoms with E-state index in [0.717, 1.165) is 6.54 Å². The van der Waals surface area contributed by atoms with Gasteiger partial charge < -0.3 is 10.4 Å². The van der Waals surface area contributed by atoms with Gasteiger partial charge in [0.1, 0.15) is 0 Å². The molecule has 0 radical (unpaired) electrons. The maximum atomic E-state index is 11.1. The molecular formula is C12H19NO2. The van der Waals surface area contributed by atoms with E-state index in [-0.39, 0.29) is 0 Å². The van der Waals surface area contributed by atoms with Gasteiger partial charge in [-0.15, -0.1) is 0 Å². The van der Waals surface area contributed by atoms with Crippen LogP contribution in [-0.4, -0.2) is 23.2 Å². The third kappa shape index (κ3) is 2.93. The van der Waals surface area contributed by atoms with Crippen LogP contribution in [0.15, 0.2) is 24.3 Å². The van der Waals surface area contributed by atoms with Crippen LogP contribution in [0, 0.1) is 11.8 Å². The van der Waals surface area contributed by atoms with E-state index in [1.807, 2.05) is 19.1 Å². The summed E-state index contributed by atoms with van der Waals surface area (Å²) >= 11 is 0. The summed E-state index contributed by atoms with van der Waals surface area (Å²) in [5, 5.41) is 12.4. The van der Waals surface area contributed by atoms with Gasteiger partial charge in [0.15, 0.2) is 0 Å². The number of carboxylic acid groups (broad SMARTS) is 1. The number of aliphatic carboxylic acids is 1. The molecule has 0 saturated heterocycles. The number of nitrogens with one attached hydrogen (secondary N) is 1. The molecule has 0 fully saturated rings. The van der Waals surface area contributed by atoms with Crippen LogP contribution in [0.3, 0.4) is 0 Å². The lowest BCUT2D eigenvalue weighted by Crippen LogP contribution is -2.51. The average molecular weight is 209 g/mol. The lowest BCUT2D eigenvalue weighted by atomic mass is 9.82. The fourth-order valence-corrected chi connectivity index (χ4v) is 1.67. The maximum Gasteiger partial charge on any atom is 0.312 e. The van der Waals surface area contributed by atoms with Gasteiger partial charge in [-0.2, -0.15) is 0 Å². The first-order valence-corrected chi connectivity index (χ1v) is 5.29. The summed E-state index contributed by atoms with van der Waals surface area (Å²) in [5.74, 6) is -0.758. The second kappa shape index (κ2) is 4.62. The van der Waals surface area contributed by atoms with Gasteiger partial charge in [0, 0.05) is 0 Å². The van der Waals surface area contributed by atoms with Crippen molar-refractivity contribution in [2.24, 2.45) is 11.8 Å². The Morgan fingerprint density at radius 2 is 2.20 bits per heavy atom. The Balaban J connectivity index is 2.74. The third-order valence-electron chi connectivity index (χ3n) is 2.66. The number of carboxylic acids is 1. The van der Waals surface area contributed by atoms with Gasteiger partial charge in [0.25, 0.3) is 0 Å². The van der Waals surface area contributed by atoms with Gasteiger partial charge in [0.2, 0.25) is 0 Å². The summed E-state index contributed by atoms with van der Waals surface area (Å²) in [5.41, 5.74) is -0.467. The van der Waals surface area contributed by atoms with Crippen molar-refractivity contribution in [3.05, 3.63) is 24.3 Å². The van der Waals surface area contributed by atoms with E-state index in [9.17, 15) is 4.79 Å². The molecule has 84 valence electrons. The van der Waals surface area contributed by atoms with Crippen molar-refractivity contribution < 1.29 is 9.90 Å². The van der Waals surface area contributed by atoms with Crippen LogP contribution in [0.25, 0.3) is 0 Å². The normalized spacial score (nSPS) is 29.7. The molecule has 2 atom stereocenters. The van der Waals surface area contributed by atoms with Gasteiger partial charge in [0.05, 0.1) is 11.5 Å². The molecule has 0 aliphatic heterocycles. The molecule has 15 heavy (non-hydrogen) atoms. The van der Waals surface area contributed by atoms with E-state index < -0.39 is 17.4 Å². The minimum absolute atomic E-state index is 0.467. The molecule has 3 nitrogen and oxygen atoms in total. The fourth-order valence-electron chi connectivity index (χ4n) is 1.67. The lowest BCUT2D eigenvalue weighted by molar-refractivity contribution is -0.141. The Labute approximate surface area is 90.9 Å². The molecule has 3 heteroatoms. The first-order chi connectivity index (χ1) is 6.96. The summed E-state index contributed by atoms with van der Waals surface area (Å²) in [6, 6.07) is 0. The van der Waals surface area contributed by atoms with Crippen LogP contribution in [0.2, 0.25) is 0 Å². The molecule has 0 saturated carbocycles. The second-order valence-electron chi connectivity index (χ2n) is 4.62. The van der Waals surface area contributed by atoms with Crippen molar-refractivity contribution >= 4 is 5.97 Å². The summed E-state index contributed by atoms with van der Waals surface area (Å²) in [6.45, 7) is 6.95. The highest BCUT2D eigenvalue weighted by Gasteiger charge is 2.36. The molecule has 0 bridgehead atoms. The maximum absolute atomic E-state index is 11.1. The highest BCUT2D eigenvalue weighted by molar-refractivity contribution is 5.75. The fraction of sp³-hybridized carbons (Fsp3) is 0.583. The highest BCUT2D eigenvalue weighted by Crippen LogP contribution is 2.24. The van der Waals surface area contributed by atoms with Crippen molar-refractivity contribution in [3.63, 3.8) is 0 Å².